The molecule has 1 fully saturated rings. The monoisotopic (exact) mass is 303 g/mol. The largest absolute Gasteiger partial charge is 0.381 e. The van der Waals surface area contributed by atoms with Crippen molar-refractivity contribution in [2.45, 2.75) is 12.8 Å². The van der Waals surface area contributed by atoms with E-state index in [-0.39, 0.29) is 11.5 Å². The number of rotatable bonds is 4. The quantitative estimate of drug-likeness (QED) is 0.942. The van der Waals surface area contributed by atoms with Crippen molar-refractivity contribution >= 4 is 5.91 Å². The molecule has 0 radical (unpaired) electrons. The highest BCUT2D eigenvalue weighted by molar-refractivity contribution is 5.98. The van der Waals surface area contributed by atoms with Gasteiger partial charge in [-0.3, -0.25) is 4.79 Å². The van der Waals surface area contributed by atoms with E-state index < -0.39 is 11.7 Å². The van der Waals surface area contributed by atoms with Gasteiger partial charge in [0.25, 0.3) is 5.91 Å². The van der Waals surface area contributed by atoms with Gasteiger partial charge in [0.2, 0.25) is 0 Å². The molecule has 22 heavy (non-hydrogen) atoms. The van der Waals surface area contributed by atoms with Gasteiger partial charge in [0, 0.05) is 25.5 Å². The number of carbonyl (C=O) groups excluding carboxylic acids is 1. The summed E-state index contributed by atoms with van der Waals surface area (Å²) >= 11 is 0. The van der Waals surface area contributed by atoms with E-state index in [9.17, 15) is 9.18 Å². The van der Waals surface area contributed by atoms with Crippen molar-refractivity contribution in [1.29, 1.82) is 0 Å². The Hall–Kier alpha value is -2.21. The zero-order chi connectivity index (χ0) is 15.4. The number of amides is 1. The van der Waals surface area contributed by atoms with Gasteiger partial charge in [-0.1, -0.05) is 6.07 Å². The van der Waals surface area contributed by atoms with Gasteiger partial charge >= 0.3 is 0 Å². The van der Waals surface area contributed by atoms with Gasteiger partial charge < -0.3 is 10.1 Å². The first kappa shape index (κ1) is 14.7. The summed E-state index contributed by atoms with van der Waals surface area (Å²) in [4.78, 5) is 12.4. The molecule has 0 bridgehead atoms. The number of halogens is 1. The lowest BCUT2D eigenvalue weighted by Crippen LogP contribution is -2.34. The van der Waals surface area contributed by atoms with Crippen molar-refractivity contribution < 1.29 is 13.9 Å². The molecular weight excluding hydrogens is 285 g/mol. The Kier molecular flexibility index (Phi) is 4.48. The maximum Gasteiger partial charge on any atom is 0.256 e. The molecule has 0 spiro atoms. The fraction of sp³-hybridized carbons (Fsp3) is 0.375. The molecule has 3 rings (SSSR count). The summed E-state index contributed by atoms with van der Waals surface area (Å²) in [5.74, 6) is -0.683. The maximum absolute atomic E-state index is 14.1. The molecule has 1 saturated heterocycles. The van der Waals surface area contributed by atoms with E-state index in [1.165, 1.54) is 10.7 Å². The molecule has 1 unspecified atom stereocenters. The lowest BCUT2D eigenvalue weighted by atomic mass is 10.0. The van der Waals surface area contributed by atoms with Gasteiger partial charge in [-0.25, -0.2) is 9.07 Å². The van der Waals surface area contributed by atoms with Crippen LogP contribution in [0.1, 0.15) is 23.2 Å². The van der Waals surface area contributed by atoms with E-state index in [0.717, 1.165) is 19.4 Å². The Morgan fingerprint density at radius 2 is 2.36 bits per heavy atom. The van der Waals surface area contributed by atoms with E-state index in [0.29, 0.717) is 18.8 Å². The lowest BCUT2D eigenvalue weighted by Gasteiger charge is -2.22. The van der Waals surface area contributed by atoms with Crippen molar-refractivity contribution in [3.05, 3.63) is 48.0 Å². The zero-order valence-corrected chi connectivity index (χ0v) is 12.2. The van der Waals surface area contributed by atoms with Crippen LogP contribution in [-0.4, -0.2) is 35.4 Å². The minimum atomic E-state index is -0.551. The van der Waals surface area contributed by atoms with Crippen molar-refractivity contribution in [2.75, 3.05) is 19.8 Å². The molecule has 0 aliphatic carbocycles. The number of hydrogen-bond donors (Lipinski definition) is 1. The Morgan fingerprint density at radius 1 is 1.45 bits per heavy atom. The van der Waals surface area contributed by atoms with Crippen LogP contribution in [0.5, 0.6) is 0 Å². The van der Waals surface area contributed by atoms with Gasteiger partial charge in [0.1, 0.15) is 11.4 Å². The number of aromatic nitrogens is 2. The second kappa shape index (κ2) is 6.70. The molecule has 6 heteroatoms. The minimum absolute atomic E-state index is 0.0166. The third-order valence-electron chi connectivity index (χ3n) is 3.78. The van der Waals surface area contributed by atoms with Gasteiger partial charge in [-0.15, -0.1) is 0 Å². The predicted molar refractivity (Wildman–Crippen MR) is 79.4 cm³/mol. The summed E-state index contributed by atoms with van der Waals surface area (Å²) in [5.41, 5.74) is 0.449. The molecule has 2 aromatic rings. The molecule has 1 aliphatic heterocycles. The maximum atomic E-state index is 14.1. The molecule has 1 atom stereocenters. The molecule has 5 nitrogen and oxygen atoms in total. The second-order valence-electron chi connectivity index (χ2n) is 5.38. The van der Waals surface area contributed by atoms with Gasteiger partial charge in [-0.05, 0) is 37.0 Å². The standard InChI is InChI=1S/C16H18FN3O2/c17-13-5-1-6-14(20-8-3-7-19-20)15(13)16(21)18-10-12-4-2-9-22-11-12/h1,3,5-8,12H,2,4,9-11H2,(H,18,21). The average molecular weight is 303 g/mol. The smallest absolute Gasteiger partial charge is 0.256 e. The molecule has 116 valence electrons. The zero-order valence-electron chi connectivity index (χ0n) is 12.2. The molecule has 1 N–H and O–H groups in total. The van der Waals surface area contributed by atoms with Crippen molar-refractivity contribution in [3.63, 3.8) is 0 Å². The van der Waals surface area contributed by atoms with Gasteiger partial charge in [0.05, 0.1) is 12.3 Å². The van der Waals surface area contributed by atoms with Crippen LogP contribution < -0.4 is 5.32 Å². The summed E-state index contributed by atoms with van der Waals surface area (Å²) in [6, 6.07) is 6.25. The van der Waals surface area contributed by atoms with Crippen LogP contribution >= 0.6 is 0 Å². The number of hydrogen-bond acceptors (Lipinski definition) is 3. The highest BCUT2D eigenvalue weighted by Crippen LogP contribution is 2.18. The number of nitrogens with one attached hydrogen (secondary N) is 1. The highest BCUT2D eigenvalue weighted by atomic mass is 19.1. The first-order valence-electron chi connectivity index (χ1n) is 7.40. The topological polar surface area (TPSA) is 56.1 Å². The Balaban J connectivity index is 1.77. The summed E-state index contributed by atoms with van der Waals surface area (Å²) < 4.78 is 21.0. The molecule has 1 aromatic carbocycles. The molecule has 0 saturated carbocycles. The van der Waals surface area contributed by atoms with Gasteiger partial charge in [-0.2, -0.15) is 5.10 Å². The van der Waals surface area contributed by atoms with Crippen LogP contribution in [0.15, 0.2) is 36.7 Å². The third kappa shape index (κ3) is 3.17. The molecular formula is C16H18FN3O2. The molecule has 1 amide bonds. The minimum Gasteiger partial charge on any atom is -0.381 e. The Bertz CT molecular complexity index is 637. The first-order chi connectivity index (χ1) is 10.8. The number of benzene rings is 1. The molecule has 2 heterocycles. The highest BCUT2D eigenvalue weighted by Gasteiger charge is 2.20. The summed E-state index contributed by atoms with van der Waals surface area (Å²) in [6.45, 7) is 1.91. The number of carbonyl (C=O) groups is 1. The molecule has 1 aromatic heterocycles. The van der Waals surface area contributed by atoms with E-state index in [1.807, 2.05) is 0 Å². The predicted octanol–water partition coefficient (Wildman–Crippen LogP) is 2.17. The SMILES string of the molecule is O=C(NCC1CCCOC1)c1c(F)cccc1-n1cccn1. The summed E-state index contributed by atoms with van der Waals surface area (Å²) in [6.07, 6.45) is 5.29. The van der Waals surface area contributed by atoms with Crippen LogP contribution in [0.4, 0.5) is 4.39 Å². The van der Waals surface area contributed by atoms with E-state index in [4.69, 9.17) is 4.74 Å². The van der Waals surface area contributed by atoms with Crippen LogP contribution in [-0.2, 0) is 4.74 Å². The van der Waals surface area contributed by atoms with Crippen molar-refractivity contribution in [3.8, 4) is 5.69 Å². The Morgan fingerprint density at radius 3 is 3.09 bits per heavy atom. The second-order valence-corrected chi connectivity index (χ2v) is 5.38. The normalized spacial score (nSPS) is 18.1. The summed E-state index contributed by atoms with van der Waals surface area (Å²) in [7, 11) is 0. The lowest BCUT2D eigenvalue weighted by molar-refractivity contribution is 0.0536. The molecule has 1 aliphatic rings. The van der Waals surface area contributed by atoms with Crippen LogP contribution in [0.25, 0.3) is 5.69 Å². The number of ether oxygens (including phenoxy) is 1. The Labute approximate surface area is 128 Å². The third-order valence-corrected chi connectivity index (χ3v) is 3.78. The first-order valence-corrected chi connectivity index (χ1v) is 7.40. The van der Waals surface area contributed by atoms with Crippen LogP contribution in [0, 0.1) is 11.7 Å². The number of nitrogens with zero attached hydrogens (tertiary/aromatic N) is 2. The van der Waals surface area contributed by atoms with Gasteiger partial charge in [0.15, 0.2) is 0 Å². The van der Waals surface area contributed by atoms with E-state index in [2.05, 4.69) is 10.4 Å². The average Bonchev–Trinajstić information content (AvgIpc) is 3.07. The van der Waals surface area contributed by atoms with E-state index >= 15 is 0 Å². The van der Waals surface area contributed by atoms with Crippen LogP contribution in [0.2, 0.25) is 0 Å². The fourth-order valence-electron chi connectivity index (χ4n) is 2.63. The van der Waals surface area contributed by atoms with Crippen LogP contribution in [0.3, 0.4) is 0 Å². The van der Waals surface area contributed by atoms with E-state index in [1.54, 1.807) is 30.6 Å². The fourth-order valence-corrected chi connectivity index (χ4v) is 2.63. The summed E-state index contributed by atoms with van der Waals surface area (Å²) in [5, 5.41) is 6.88. The van der Waals surface area contributed by atoms with Crippen molar-refractivity contribution in [2.24, 2.45) is 5.92 Å². The van der Waals surface area contributed by atoms with Crippen molar-refractivity contribution in [1.82, 2.24) is 15.1 Å².